The van der Waals surface area contributed by atoms with Gasteiger partial charge in [0.25, 0.3) is 0 Å². The third kappa shape index (κ3) is 2.69. The fourth-order valence-electron chi connectivity index (χ4n) is 8.45. The Kier molecular flexibility index (Phi) is 4.00. The number of carbonyl (C=O) groups excluding carboxylic acids is 2. The SMILES string of the molecule is C=CC(=O)OCC(=O)OC1(C2CC3CCC2C3)C2CC3CC1CC(C)(C3)C2. The standard InChI is InChI=1S/C23H32O4/c1-3-20(24)26-13-21(25)27-23(19-9-14-4-5-16(19)6-14)17-7-15-8-18(23)12-22(2,10-15)11-17/h3,14-19H,1,4-13H2,2H3. The molecule has 0 heterocycles. The van der Waals surface area contributed by atoms with E-state index in [0.29, 0.717) is 23.2 Å². The van der Waals surface area contributed by atoms with Crippen molar-refractivity contribution in [2.75, 3.05) is 6.61 Å². The molecule has 0 saturated heterocycles. The summed E-state index contributed by atoms with van der Waals surface area (Å²) in [5.41, 5.74) is 0.146. The van der Waals surface area contributed by atoms with Crippen LogP contribution in [0.15, 0.2) is 12.7 Å². The first kappa shape index (κ1) is 17.8. The van der Waals surface area contributed by atoms with Gasteiger partial charge < -0.3 is 9.47 Å². The van der Waals surface area contributed by atoms with Gasteiger partial charge in [0.2, 0.25) is 0 Å². The molecule has 4 heteroatoms. The van der Waals surface area contributed by atoms with Gasteiger partial charge in [0.05, 0.1) is 0 Å². The molecule has 0 aromatic rings. The van der Waals surface area contributed by atoms with Crippen LogP contribution in [-0.2, 0) is 19.1 Å². The Bertz CT molecular complexity index is 651. The Morgan fingerprint density at radius 1 is 1.04 bits per heavy atom. The van der Waals surface area contributed by atoms with Crippen LogP contribution in [0, 0.1) is 40.9 Å². The lowest BCUT2D eigenvalue weighted by Crippen LogP contribution is -2.66. The second-order valence-corrected chi connectivity index (χ2v) is 10.6. The van der Waals surface area contributed by atoms with Gasteiger partial charge in [-0.25, -0.2) is 9.59 Å². The molecule has 0 aromatic carbocycles. The molecular weight excluding hydrogens is 340 g/mol. The third-order valence-corrected chi connectivity index (χ3v) is 8.88. The molecule has 6 aliphatic carbocycles. The summed E-state index contributed by atoms with van der Waals surface area (Å²) in [4.78, 5) is 24.2. The molecule has 27 heavy (non-hydrogen) atoms. The third-order valence-electron chi connectivity index (χ3n) is 8.88. The van der Waals surface area contributed by atoms with Crippen LogP contribution in [0.3, 0.4) is 0 Å². The Balaban J connectivity index is 1.43. The maximum atomic E-state index is 12.8. The molecule has 6 aliphatic rings. The van der Waals surface area contributed by atoms with Gasteiger partial charge in [0.1, 0.15) is 5.60 Å². The monoisotopic (exact) mass is 372 g/mol. The van der Waals surface area contributed by atoms with Gasteiger partial charge in [-0.2, -0.15) is 0 Å². The maximum Gasteiger partial charge on any atom is 0.344 e. The van der Waals surface area contributed by atoms with Crippen molar-refractivity contribution in [3.63, 3.8) is 0 Å². The van der Waals surface area contributed by atoms with Gasteiger partial charge in [0.15, 0.2) is 6.61 Å². The summed E-state index contributed by atoms with van der Waals surface area (Å²) in [6.07, 6.45) is 12.5. The molecule has 0 aliphatic heterocycles. The predicted molar refractivity (Wildman–Crippen MR) is 101 cm³/mol. The molecule has 5 atom stereocenters. The van der Waals surface area contributed by atoms with Crippen LogP contribution >= 0.6 is 0 Å². The quantitative estimate of drug-likeness (QED) is 0.534. The van der Waals surface area contributed by atoms with E-state index >= 15 is 0 Å². The zero-order chi connectivity index (χ0) is 18.8. The van der Waals surface area contributed by atoms with Crippen molar-refractivity contribution in [3.8, 4) is 0 Å². The van der Waals surface area contributed by atoms with Crippen molar-refractivity contribution in [1.29, 1.82) is 0 Å². The summed E-state index contributed by atoms with van der Waals surface area (Å²) in [6.45, 7) is 5.57. The van der Waals surface area contributed by atoms with Crippen LogP contribution in [0.25, 0.3) is 0 Å². The average molecular weight is 373 g/mol. The van der Waals surface area contributed by atoms with Gasteiger partial charge in [0, 0.05) is 23.8 Å². The summed E-state index contributed by atoms with van der Waals surface area (Å²) >= 11 is 0. The summed E-state index contributed by atoms with van der Waals surface area (Å²) in [6, 6.07) is 0. The van der Waals surface area contributed by atoms with Crippen molar-refractivity contribution in [2.24, 2.45) is 40.9 Å². The van der Waals surface area contributed by atoms with Crippen LogP contribution in [-0.4, -0.2) is 24.1 Å². The molecule has 6 rings (SSSR count). The fraction of sp³-hybridized carbons (Fsp3) is 0.826. The number of rotatable bonds is 5. The normalized spacial score (nSPS) is 49.2. The molecule has 4 nitrogen and oxygen atoms in total. The predicted octanol–water partition coefficient (Wildman–Crippen LogP) is 4.28. The van der Waals surface area contributed by atoms with Gasteiger partial charge in [-0.05, 0) is 74.5 Å². The van der Waals surface area contributed by atoms with E-state index in [1.807, 2.05) is 0 Å². The molecule has 0 N–H and O–H groups in total. The van der Waals surface area contributed by atoms with Gasteiger partial charge >= 0.3 is 11.9 Å². The fourth-order valence-corrected chi connectivity index (χ4v) is 8.45. The van der Waals surface area contributed by atoms with Crippen LogP contribution in [0.1, 0.15) is 64.7 Å². The summed E-state index contributed by atoms with van der Waals surface area (Å²) < 4.78 is 11.4. The molecule has 0 radical (unpaired) electrons. The van der Waals surface area contributed by atoms with E-state index in [4.69, 9.17) is 9.47 Å². The van der Waals surface area contributed by atoms with E-state index in [0.717, 1.165) is 23.8 Å². The molecule has 0 aromatic heterocycles. The lowest BCUT2D eigenvalue weighted by molar-refractivity contribution is -0.249. The van der Waals surface area contributed by atoms with Crippen molar-refractivity contribution in [1.82, 2.24) is 0 Å². The van der Waals surface area contributed by atoms with Crippen molar-refractivity contribution in [3.05, 3.63) is 12.7 Å². The second kappa shape index (κ2) is 6.09. The van der Waals surface area contributed by atoms with E-state index in [-0.39, 0.29) is 18.2 Å². The zero-order valence-electron chi connectivity index (χ0n) is 16.5. The summed E-state index contributed by atoms with van der Waals surface area (Å²) in [5.74, 6) is 2.98. The number of fused-ring (bicyclic) bond motifs is 2. The molecular formula is C23H32O4. The van der Waals surface area contributed by atoms with Gasteiger partial charge in [-0.3, -0.25) is 0 Å². The smallest absolute Gasteiger partial charge is 0.344 e. The molecule has 0 spiro atoms. The number of esters is 2. The maximum absolute atomic E-state index is 12.8. The highest BCUT2D eigenvalue weighted by Gasteiger charge is 2.67. The minimum atomic E-state index is -0.557. The Hall–Kier alpha value is -1.32. The molecule has 6 fully saturated rings. The Morgan fingerprint density at radius 3 is 2.33 bits per heavy atom. The topological polar surface area (TPSA) is 52.6 Å². The summed E-state index contributed by atoms with van der Waals surface area (Å²) in [7, 11) is 0. The van der Waals surface area contributed by atoms with E-state index < -0.39 is 5.97 Å². The number of ether oxygens (including phenoxy) is 2. The largest absolute Gasteiger partial charge is 0.456 e. The van der Waals surface area contributed by atoms with Gasteiger partial charge in [-0.15, -0.1) is 0 Å². The first-order valence-corrected chi connectivity index (χ1v) is 10.9. The number of hydrogen-bond donors (Lipinski definition) is 0. The minimum absolute atomic E-state index is 0.284. The number of hydrogen-bond acceptors (Lipinski definition) is 4. The Morgan fingerprint density at radius 2 is 1.78 bits per heavy atom. The molecule has 0 amide bonds. The van der Waals surface area contributed by atoms with Crippen LogP contribution < -0.4 is 0 Å². The summed E-state index contributed by atoms with van der Waals surface area (Å²) in [5, 5.41) is 0. The van der Waals surface area contributed by atoms with Crippen LogP contribution in [0.4, 0.5) is 0 Å². The lowest BCUT2D eigenvalue weighted by atomic mass is 9.42. The highest BCUT2D eigenvalue weighted by Crippen LogP contribution is 2.69. The average Bonchev–Trinajstić information content (AvgIpc) is 3.25. The molecule has 148 valence electrons. The molecule has 5 unspecified atom stereocenters. The van der Waals surface area contributed by atoms with Crippen molar-refractivity contribution >= 4 is 11.9 Å². The van der Waals surface area contributed by atoms with Crippen LogP contribution in [0.2, 0.25) is 0 Å². The second-order valence-electron chi connectivity index (χ2n) is 10.6. The number of carbonyl (C=O) groups is 2. The first-order chi connectivity index (χ1) is 12.9. The highest BCUT2D eigenvalue weighted by molar-refractivity contribution is 5.83. The first-order valence-electron chi connectivity index (χ1n) is 10.9. The minimum Gasteiger partial charge on any atom is -0.456 e. The van der Waals surface area contributed by atoms with Crippen molar-refractivity contribution in [2.45, 2.75) is 70.3 Å². The molecule has 6 saturated carbocycles. The van der Waals surface area contributed by atoms with E-state index in [1.54, 1.807) is 0 Å². The van der Waals surface area contributed by atoms with Gasteiger partial charge in [-0.1, -0.05) is 19.9 Å². The van der Waals surface area contributed by atoms with Crippen molar-refractivity contribution < 1.29 is 19.1 Å². The van der Waals surface area contributed by atoms with E-state index in [2.05, 4.69) is 13.5 Å². The molecule has 6 bridgehead atoms. The van der Waals surface area contributed by atoms with Crippen LogP contribution in [0.5, 0.6) is 0 Å². The lowest BCUT2D eigenvalue weighted by Gasteiger charge is -2.66. The highest BCUT2D eigenvalue weighted by atomic mass is 16.6. The Labute approximate surface area is 162 Å². The zero-order valence-corrected chi connectivity index (χ0v) is 16.5. The van der Waals surface area contributed by atoms with E-state index in [9.17, 15) is 9.59 Å². The van der Waals surface area contributed by atoms with E-state index in [1.165, 1.54) is 57.8 Å².